The van der Waals surface area contributed by atoms with Crippen LogP contribution in [0.1, 0.15) is 26.2 Å². The number of carbonyl (C=O) groups is 2. The average Bonchev–Trinajstić information content (AvgIpc) is 2.25. The van der Waals surface area contributed by atoms with E-state index in [9.17, 15) is 9.59 Å². The number of hydrogen-bond donors (Lipinski definition) is 2. The Morgan fingerprint density at radius 1 is 1.40 bits per heavy atom. The second kappa shape index (κ2) is 8.23. The summed E-state index contributed by atoms with van der Waals surface area (Å²) >= 11 is 0. The highest BCUT2D eigenvalue weighted by Gasteiger charge is 2.07. The van der Waals surface area contributed by atoms with Gasteiger partial charge in [0.15, 0.2) is 0 Å². The zero-order chi connectivity index (χ0) is 11.7. The van der Waals surface area contributed by atoms with E-state index in [0.717, 1.165) is 12.8 Å². The van der Waals surface area contributed by atoms with Crippen molar-refractivity contribution in [3.8, 4) is 0 Å². The van der Waals surface area contributed by atoms with E-state index in [0.29, 0.717) is 18.9 Å². The molecular weight excluding hydrogens is 196 g/mol. The number of hydrogen-bond acceptors (Lipinski definition) is 4. The number of ether oxygens (including phenoxy) is 1. The van der Waals surface area contributed by atoms with Crippen LogP contribution in [0, 0.1) is 5.92 Å². The molecule has 3 N–H and O–H groups in total. The predicted molar refractivity (Wildman–Crippen MR) is 57.1 cm³/mol. The van der Waals surface area contributed by atoms with Crippen LogP contribution in [0.5, 0.6) is 0 Å². The predicted octanol–water partition coefficient (Wildman–Crippen LogP) is 0.0407. The largest absolute Gasteiger partial charge is 0.469 e. The number of nitrogens with one attached hydrogen (secondary N) is 1. The molecule has 0 heterocycles. The maximum atomic E-state index is 10.8. The van der Waals surface area contributed by atoms with Crippen LogP contribution < -0.4 is 11.1 Å². The molecule has 15 heavy (non-hydrogen) atoms. The first kappa shape index (κ1) is 13.9. The number of methoxy groups -OCH3 is 1. The van der Waals surface area contributed by atoms with Crippen LogP contribution in [0.15, 0.2) is 0 Å². The molecule has 5 nitrogen and oxygen atoms in total. The number of nitrogens with two attached hydrogens (primary N) is 1. The lowest BCUT2D eigenvalue weighted by Crippen LogP contribution is -2.31. The van der Waals surface area contributed by atoms with E-state index in [1.165, 1.54) is 7.11 Å². The van der Waals surface area contributed by atoms with Crippen molar-refractivity contribution in [3.63, 3.8) is 0 Å². The molecule has 0 spiro atoms. The third-order valence-electron chi connectivity index (χ3n) is 2.21. The van der Waals surface area contributed by atoms with Crippen LogP contribution in [0.2, 0.25) is 0 Å². The molecule has 0 aromatic carbocycles. The van der Waals surface area contributed by atoms with Crippen LogP contribution in [0.3, 0.4) is 0 Å². The molecule has 0 aromatic heterocycles. The summed E-state index contributed by atoms with van der Waals surface area (Å²) in [7, 11) is 1.38. The van der Waals surface area contributed by atoms with Crippen LogP contribution in [0.25, 0.3) is 0 Å². The van der Waals surface area contributed by atoms with Gasteiger partial charge in [0.1, 0.15) is 0 Å². The van der Waals surface area contributed by atoms with Gasteiger partial charge in [0, 0.05) is 13.0 Å². The first-order chi connectivity index (χ1) is 7.10. The highest BCUT2D eigenvalue weighted by Crippen LogP contribution is 2.09. The Balaban J connectivity index is 3.45. The SMILES string of the molecule is COC(=O)CCC(C)CCNC(=O)CN. The van der Waals surface area contributed by atoms with E-state index in [1.54, 1.807) is 0 Å². The fourth-order valence-electron chi connectivity index (χ4n) is 1.14. The molecule has 0 saturated heterocycles. The Bertz CT molecular complexity index is 207. The molecule has 1 atom stereocenters. The van der Waals surface area contributed by atoms with Gasteiger partial charge < -0.3 is 15.8 Å². The van der Waals surface area contributed by atoms with Crippen molar-refractivity contribution in [3.05, 3.63) is 0 Å². The number of rotatable bonds is 7. The standard InChI is InChI=1S/C10H20N2O3/c1-8(3-4-10(14)15-2)5-6-12-9(13)7-11/h8H,3-7,11H2,1-2H3,(H,12,13). The lowest BCUT2D eigenvalue weighted by Gasteiger charge is -2.10. The van der Waals surface area contributed by atoms with Crippen molar-refractivity contribution >= 4 is 11.9 Å². The minimum absolute atomic E-state index is 0.0243. The summed E-state index contributed by atoms with van der Waals surface area (Å²) in [5.74, 6) is 0.0604. The van der Waals surface area contributed by atoms with Crippen molar-refractivity contribution < 1.29 is 14.3 Å². The summed E-state index contributed by atoms with van der Waals surface area (Å²) in [6, 6.07) is 0. The summed E-state index contributed by atoms with van der Waals surface area (Å²) in [4.78, 5) is 21.6. The molecule has 0 fully saturated rings. The van der Waals surface area contributed by atoms with Gasteiger partial charge in [0.05, 0.1) is 13.7 Å². The van der Waals surface area contributed by atoms with Gasteiger partial charge in [-0.2, -0.15) is 0 Å². The van der Waals surface area contributed by atoms with Crippen molar-refractivity contribution in [1.82, 2.24) is 5.32 Å². The van der Waals surface area contributed by atoms with Crippen molar-refractivity contribution in [2.75, 3.05) is 20.2 Å². The zero-order valence-electron chi connectivity index (χ0n) is 9.41. The van der Waals surface area contributed by atoms with Crippen LogP contribution >= 0.6 is 0 Å². The number of carbonyl (C=O) groups excluding carboxylic acids is 2. The summed E-state index contributed by atoms with van der Waals surface area (Å²) in [6.07, 6.45) is 2.07. The molecular formula is C10H20N2O3. The molecule has 88 valence electrons. The van der Waals surface area contributed by atoms with Gasteiger partial charge in [-0.3, -0.25) is 9.59 Å². The lowest BCUT2D eigenvalue weighted by molar-refractivity contribution is -0.141. The molecule has 0 aliphatic heterocycles. The fourth-order valence-corrected chi connectivity index (χ4v) is 1.14. The monoisotopic (exact) mass is 216 g/mol. The molecule has 0 saturated carbocycles. The summed E-state index contributed by atoms with van der Waals surface area (Å²) in [6.45, 7) is 2.67. The van der Waals surface area contributed by atoms with Gasteiger partial charge >= 0.3 is 5.97 Å². The molecule has 0 bridgehead atoms. The highest BCUT2D eigenvalue weighted by atomic mass is 16.5. The Hall–Kier alpha value is -1.10. The maximum absolute atomic E-state index is 10.8. The fraction of sp³-hybridized carbons (Fsp3) is 0.800. The average molecular weight is 216 g/mol. The van der Waals surface area contributed by atoms with E-state index >= 15 is 0 Å². The Kier molecular flexibility index (Phi) is 7.62. The molecule has 0 aliphatic rings. The van der Waals surface area contributed by atoms with Gasteiger partial charge in [-0.05, 0) is 18.8 Å². The van der Waals surface area contributed by atoms with Crippen molar-refractivity contribution in [2.24, 2.45) is 11.7 Å². The van der Waals surface area contributed by atoms with Gasteiger partial charge in [-0.25, -0.2) is 0 Å². The Morgan fingerprint density at radius 2 is 2.07 bits per heavy atom. The third kappa shape index (κ3) is 7.93. The van der Waals surface area contributed by atoms with E-state index in [2.05, 4.69) is 10.1 Å². The molecule has 1 amide bonds. The van der Waals surface area contributed by atoms with Crippen molar-refractivity contribution in [1.29, 1.82) is 0 Å². The second-order valence-electron chi connectivity index (χ2n) is 3.56. The molecule has 5 heteroatoms. The molecule has 0 radical (unpaired) electrons. The lowest BCUT2D eigenvalue weighted by atomic mass is 10.0. The van der Waals surface area contributed by atoms with Crippen LogP contribution in [-0.4, -0.2) is 32.1 Å². The van der Waals surface area contributed by atoms with E-state index in [1.807, 2.05) is 6.92 Å². The van der Waals surface area contributed by atoms with Crippen molar-refractivity contribution in [2.45, 2.75) is 26.2 Å². The number of amides is 1. The van der Waals surface area contributed by atoms with Crippen LogP contribution in [0.4, 0.5) is 0 Å². The van der Waals surface area contributed by atoms with Gasteiger partial charge in [0.25, 0.3) is 0 Å². The summed E-state index contributed by atoms with van der Waals surface area (Å²) < 4.78 is 4.54. The topological polar surface area (TPSA) is 81.4 Å². The first-order valence-corrected chi connectivity index (χ1v) is 5.13. The normalized spacial score (nSPS) is 11.9. The van der Waals surface area contributed by atoms with Gasteiger partial charge in [0.2, 0.25) is 5.91 Å². The molecule has 0 aromatic rings. The minimum atomic E-state index is -0.187. The highest BCUT2D eigenvalue weighted by molar-refractivity contribution is 5.77. The van der Waals surface area contributed by atoms with Gasteiger partial charge in [-0.1, -0.05) is 6.92 Å². The molecule has 0 aliphatic carbocycles. The minimum Gasteiger partial charge on any atom is -0.469 e. The zero-order valence-corrected chi connectivity index (χ0v) is 9.41. The Labute approximate surface area is 90.4 Å². The summed E-state index contributed by atoms with van der Waals surface area (Å²) in [5.41, 5.74) is 5.13. The first-order valence-electron chi connectivity index (χ1n) is 5.13. The van der Waals surface area contributed by atoms with Gasteiger partial charge in [-0.15, -0.1) is 0 Å². The number of esters is 1. The van der Waals surface area contributed by atoms with Crippen LogP contribution in [-0.2, 0) is 14.3 Å². The van der Waals surface area contributed by atoms with E-state index < -0.39 is 0 Å². The quantitative estimate of drug-likeness (QED) is 0.589. The smallest absolute Gasteiger partial charge is 0.305 e. The van der Waals surface area contributed by atoms with E-state index in [4.69, 9.17) is 5.73 Å². The molecule has 1 unspecified atom stereocenters. The maximum Gasteiger partial charge on any atom is 0.305 e. The second-order valence-corrected chi connectivity index (χ2v) is 3.56. The summed E-state index contributed by atoms with van der Waals surface area (Å²) in [5, 5.41) is 2.68. The van der Waals surface area contributed by atoms with E-state index in [-0.39, 0.29) is 18.4 Å². The third-order valence-corrected chi connectivity index (χ3v) is 2.21. The Morgan fingerprint density at radius 3 is 2.60 bits per heavy atom. The molecule has 0 rings (SSSR count).